The molecule has 0 aliphatic carbocycles. The average Bonchev–Trinajstić information content (AvgIpc) is 3.18. The van der Waals surface area contributed by atoms with Gasteiger partial charge in [-0.05, 0) is 23.6 Å². The van der Waals surface area contributed by atoms with E-state index in [-0.39, 0.29) is 25.4 Å². The van der Waals surface area contributed by atoms with Gasteiger partial charge in [-0.1, -0.05) is 42.5 Å². The van der Waals surface area contributed by atoms with Gasteiger partial charge in [-0.3, -0.25) is 4.79 Å². The topological polar surface area (TPSA) is 115 Å². The van der Waals surface area contributed by atoms with Crippen LogP contribution in [0.2, 0.25) is 0 Å². The number of benzene rings is 2. The monoisotopic (exact) mass is 425 g/mol. The molecular formula is C23H23NO7. The number of hydrogen-bond acceptors (Lipinski definition) is 6. The summed E-state index contributed by atoms with van der Waals surface area (Å²) in [6, 6.07) is 13.4. The largest absolute Gasteiger partial charge is 0.480 e. The summed E-state index contributed by atoms with van der Waals surface area (Å²) in [5, 5.41) is 13.4. The number of rotatable bonds is 9. The molecule has 3 aromatic rings. The smallest absolute Gasteiger partial charge is 0.408 e. The van der Waals surface area contributed by atoms with Crippen molar-refractivity contribution in [3.8, 4) is 0 Å². The van der Waals surface area contributed by atoms with Crippen molar-refractivity contribution < 1.29 is 33.4 Å². The maximum Gasteiger partial charge on any atom is 0.408 e. The highest BCUT2D eigenvalue weighted by Crippen LogP contribution is 2.24. The van der Waals surface area contributed by atoms with Crippen molar-refractivity contribution in [3.05, 3.63) is 71.7 Å². The van der Waals surface area contributed by atoms with Gasteiger partial charge in [-0.25, -0.2) is 9.59 Å². The Labute approximate surface area is 178 Å². The first-order valence-corrected chi connectivity index (χ1v) is 9.72. The predicted octanol–water partition coefficient (Wildman–Crippen LogP) is 3.46. The van der Waals surface area contributed by atoms with Crippen LogP contribution >= 0.6 is 0 Å². The average molecular weight is 425 g/mol. The first kappa shape index (κ1) is 21.9. The Kier molecular flexibility index (Phi) is 7.26. The van der Waals surface area contributed by atoms with Gasteiger partial charge >= 0.3 is 18.0 Å². The summed E-state index contributed by atoms with van der Waals surface area (Å²) in [5.41, 5.74) is 1.73. The van der Waals surface area contributed by atoms with E-state index in [1.807, 2.05) is 36.4 Å². The molecule has 0 bridgehead atoms. The van der Waals surface area contributed by atoms with Crippen LogP contribution in [0.5, 0.6) is 0 Å². The number of fused-ring (bicyclic) bond motifs is 1. The number of aryl methyl sites for hydroxylation is 1. The number of alkyl carbamates (subject to hydrolysis) is 1. The maximum absolute atomic E-state index is 12.1. The molecular weight excluding hydrogens is 402 g/mol. The van der Waals surface area contributed by atoms with E-state index in [9.17, 15) is 19.5 Å². The Balaban J connectivity index is 1.63. The first-order valence-electron chi connectivity index (χ1n) is 9.72. The summed E-state index contributed by atoms with van der Waals surface area (Å²) in [6.45, 7) is 0.0387. The van der Waals surface area contributed by atoms with E-state index in [0.717, 1.165) is 21.9 Å². The highest BCUT2D eigenvalue weighted by Gasteiger charge is 2.24. The van der Waals surface area contributed by atoms with Crippen LogP contribution in [-0.2, 0) is 38.5 Å². The third-order valence-corrected chi connectivity index (χ3v) is 4.78. The molecule has 0 saturated carbocycles. The number of carbonyl (C=O) groups is 3. The van der Waals surface area contributed by atoms with Crippen LogP contribution in [0, 0.1) is 0 Å². The fraction of sp³-hybridized carbons (Fsp3) is 0.261. The molecule has 0 aliphatic heterocycles. The molecule has 1 amide bonds. The van der Waals surface area contributed by atoms with Crippen LogP contribution < -0.4 is 5.32 Å². The molecule has 0 aliphatic rings. The Hall–Kier alpha value is -3.81. The lowest BCUT2D eigenvalue weighted by molar-refractivity contribution is -0.141. The van der Waals surface area contributed by atoms with E-state index < -0.39 is 18.1 Å². The Bertz CT molecular complexity index is 1060. The number of methoxy groups -OCH3 is 1. The zero-order valence-corrected chi connectivity index (χ0v) is 17.0. The molecule has 0 saturated heterocycles. The van der Waals surface area contributed by atoms with E-state index in [1.165, 1.54) is 13.4 Å². The maximum atomic E-state index is 12.1. The number of nitrogens with one attached hydrogen (secondary N) is 1. The van der Waals surface area contributed by atoms with E-state index >= 15 is 0 Å². The van der Waals surface area contributed by atoms with Crippen molar-refractivity contribution in [1.82, 2.24) is 5.32 Å². The zero-order chi connectivity index (χ0) is 22.2. The first-order chi connectivity index (χ1) is 15.0. The van der Waals surface area contributed by atoms with E-state index in [2.05, 4.69) is 10.1 Å². The zero-order valence-electron chi connectivity index (χ0n) is 17.0. The fourth-order valence-electron chi connectivity index (χ4n) is 3.12. The lowest BCUT2D eigenvalue weighted by Crippen LogP contribution is -2.42. The molecule has 2 aromatic carbocycles. The summed E-state index contributed by atoms with van der Waals surface area (Å²) in [5.74, 6) is -1.05. The van der Waals surface area contributed by atoms with Crippen molar-refractivity contribution in [2.24, 2.45) is 0 Å². The summed E-state index contributed by atoms with van der Waals surface area (Å²) >= 11 is 0. The Morgan fingerprint density at radius 2 is 1.87 bits per heavy atom. The van der Waals surface area contributed by atoms with Crippen LogP contribution in [-0.4, -0.2) is 36.3 Å². The van der Waals surface area contributed by atoms with Gasteiger partial charge in [0, 0.05) is 23.6 Å². The minimum absolute atomic E-state index is 0.0387. The number of ether oxygens (including phenoxy) is 2. The van der Waals surface area contributed by atoms with Gasteiger partial charge in [-0.2, -0.15) is 0 Å². The standard InChI is InChI=1S/C23H23NO7/c1-29-21(25)10-8-15-7-9-18-17(11-15)14-30-20(18)12-19(22(26)27)24-23(28)31-13-16-5-3-2-4-6-16/h2-7,9,11,14,19H,8,10,12-13H2,1H3,(H,24,28)(H,26,27). The summed E-state index contributed by atoms with van der Waals surface area (Å²) in [4.78, 5) is 35.0. The quantitative estimate of drug-likeness (QED) is 0.505. The van der Waals surface area contributed by atoms with Gasteiger partial charge in [0.1, 0.15) is 18.4 Å². The minimum atomic E-state index is -1.21. The second-order valence-electron chi connectivity index (χ2n) is 6.96. The number of carbonyl (C=O) groups excluding carboxylic acids is 2. The molecule has 0 spiro atoms. The van der Waals surface area contributed by atoms with Crippen LogP contribution in [0.15, 0.2) is 59.2 Å². The SMILES string of the molecule is COC(=O)CCc1ccc2c(CC(NC(=O)OCc3ccccc3)C(=O)O)occ2c1. The predicted molar refractivity (Wildman–Crippen MR) is 111 cm³/mol. The molecule has 8 heteroatoms. The van der Waals surface area contributed by atoms with E-state index in [0.29, 0.717) is 12.2 Å². The third kappa shape index (κ3) is 6.08. The Morgan fingerprint density at radius 3 is 2.58 bits per heavy atom. The summed E-state index contributed by atoms with van der Waals surface area (Å²) < 4.78 is 15.3. The molecule has 1 aromatic heterocycles. The van der Waals surface area contributed by atoms with Crippen LogP contribution in [0.3, 0.4) is 0 Å². The van der Waals surface area contributed by atoms with Gasteiger partial charge in [-0.15, -0.1) is 0 Å². The minimum Gasteiger partial charge on any atom is -0.480 e. The molecule has 3 rings (SSSR count). The van der Waals surface area contributed by atoms with Crippen molar-refractivity contribution in [2.75, 3.05) is 7.11 Å². The number of esters is 1. The number of furan rings is 1. The van der Waals surface area contributed by atoms with Crippen molar-refractivity contribution in [2.45, 2.75) is 31.9 Å². The molecule has 1 unspecified atom stereocenters. The second kappa shape index (κ2) is 10.3. The summed E-state index contributed by atoms with van der Waals surface area (Å²) in [6.07, 6.45) is 1.45. The second-order valence-corrected chi connectivity index (χ2v) is 6.96. The molecule has 8 nitrogen and oxygen atoms in total. The van der Waals surface area contributed by atoms with Crippen LogP contribution in [0.4, 0.5) is 4.79 Å². The normalized spacial score (nSPS) is 11.6. The number of hydrogen-bond donors (Lipinski definition) is 2. The molecule has 162 valence electrons. The van der Waals surface area contributed by atoms with Gasteiger partial charge in [0.2, 0.25) is 0 Å². The van der Waals surface area contributed by atoms with Crippen molar-refractivity contribution >= 4 is 28.8 Å². The number of aliphatic carboxylic acids is 1. The van der Waals surface area contributed by atoms with Gasteiger partial charge in [0.05, 0.1) is 13.4 Å². The van der Waals surface area contributed by atoms with E-state index in [1.54, 1.807) is 12.1 Å². The van der Waals surface area contributed by atoms with Crippen molar-refractivity contribution in [1.29, 1.82) is 0 Å². The molecule has 0 radical (unpaired) electrons. The number of carboxylic acids is 1. The van der Waals surface area contributed by atoms with Gasteiger partial charge in [0.25, 0.3) is 0 Å². The van der Waals surface area contributed by atoms with Gasteiger partial charge in [0.15, 0.2) is 0 Å². The summed E-state index contributed by atoms with van der Waals surface area (Å²) in [7, 11) is 1.35. The number of amides is 1. The van der Waals surface area contributed by atoms with Crippen LogP contribution in [0.1, 0.15) is 23.3 Å². The lowest BCUT2D eigenvalue weighted by Gasteiger charge is -2.14. The molecule has 2 N–H and O–H groups in total. The van der Waals surface area contributed by atoms with Crippen molar-refractivity contribution in [3.63, 3.8) is 0 Å². The van der Waals surface area contributed by atoms with Gasteiger partial charge < -0.3 is 24.3 Å². The highest BCUT2D eigenvalue weighted by atomic mass is 16.5. The van der Waals surface area contributed by atoms with E-state index in [4.69, 9.17) is 9.15 Å². The number of carboxylic acid groups (broad SMARTS) is 1. The van der Waals surface area contributed by atoms with Crippen LogP contribution in [0.25, 0.3) is 10.8 Å². The molecule has 0 fully saturated rings. The Morgan fingerprint density at radius 1 is 1.10 bits per heavy atom. The highest BCUT2D eigenvalue weighted by molar-refractivity contribution is 5.86. The fourth-order valence-corrected chi connectivity index (χ4v) is 3.12. The third-order valence-electron chi connectivity index (χ3n) is 4.78. The molecule has 31 heavy (non-hydrogen) atoms. The lowest BCUT2D eigenvalue weighted by atomic mass is 10.0. The molecule has 1 atom stereocenters. The molecule has 1 heterocycles.